The van der Waals surface area contributed by atoms with E-state index >= 15 is 0 Å². The highest BCUT2D eigenvalue weighted by atomic mass is 16.5. The Kier molecular flexibility index (Phi) is 9.77. The van der Waals surface area contributed by atoms with E-state index in [2.05, 4.69) is 20.8 Å². The van der Waals surface area contributed by atoms with Crippen molar-refractivity contribution in [2.45, 2.75) is 72.1 Å². The third kappa shape index (κ3) is 7.40. The molecular formula is C19H32O2. The molecule has 0 unspecified atom stereocenters. The van der Waals surface area contributed by atoms with Crippen molar-refractivity contribution >= 4 is 0 Å². The lowest BCUT2D eigenvalue weighted by Crippen LogP contribution is -2.02. The fourth-order valence-electron chi connectivity index (χ4n) is 2.33. The third-order valence-corrected chi connectivity index (χ3v) is 3.75. The molecule has 0 amide bonds. The Balaban J connectivity index is 2.35. The first-order chi connectivity index (χ1) is 10.3. The van der Waals surface area contributed by atoms with Gasteiger partial charge in [0.15, 0.2) is 0 Å². The number of hydrogen-bond donors (Lipinski definition) is 0. The minimum Gasteiger partial charge on any atom is -0.493 e. The molecular weight excluding hydrogens is 260 g/mol. The number of hydrogen-bond acceptors (Lipinski definition) is 2. The molecule has 0 heterocycles. The van der Waals surface area contributed by atoms with Gasteiger partial charge in [-0.05, 0) is 31.9 Å². The second-order valence-electron chi connectivity index (χ2n) is 5.70. The van der Waals surface area contributed by atoms with Gasteiger partial charge in [0.1, 0.15) is 11.5 Å². The summed E-state index contributed by atoms with van der Waals surface area (Å²) in [6.45, 7) is 8.16. The summed E-state index contributed by atoms with van der Waals surface area (Å²) < 4.78 is 11.8. The first-order valence-electron chi connectivity index (χ1n) is 8.64. The highest BCUT2D eigenvalue weighted by molar-refractivity contribution is 5.43. The van der Waals surface area contributed by atoms with Crippen molar-refractivity contribution in [1.29, 1.82) is 0 Å². The topological polar surface area (TPSA) is 18.5 Å². The van der Waals surface area contributed by atoms with Crippen molar-refractivity contribution in [3.05, 3.63) is 23.8 Å². The Hall–Kier alpha value is -1.18. The zero-order valence-corrected chi connectivity index (χ0v) is 14.1. The van der Waals surface area contributed by atoms with Crippen LogP contribution in [0, 0.1) is 6.92 Å². The maximum Gasteiger partial charge on any atom is 0.125 e. The third-order valence-electron chi connectivity index (χ3n) is 3.75. The van der Waals surface area contributed by atoms with Gasteiger partial charge < -0.3 is 9.47 Å². The molecule has 0 aliphatic rings. The Morgan fingerprint density at radius 3 is 1.62 bits per heavy atom. The van der Waals surface area contributed by atoms with Crippen LogP contribution >= 0.6 is 0 Å². The van der Waals surface area contributed by atoms with Gasteiger partial charge in [0.25, 0.3) is 0 Å². The van der Waals surface area contributed by atoms with Crippen molar-refractivity contribution < 1.29 is 9.47 Å². The Labute approximate surface area is 130 Å². The lowest BCUT2D eigenvalue weighted by molar-refractivity contribution is 0.287. The van der Waals surface area contributed by atoms with Crippen LogP contribution in [0.4, 0.5) is 0 Å². The van der Waals surface area contributed by atoms with E-state index in [1.54, 1.807) is 0 Å². The van der Waals surface area contributed by atoms with E-state index < -0.39 is 0 Å². The average molecular weight is 292 g/mol. The lowest BCUT2D eigenvalue weighted by Gasteiger charge is -2.13. The summed E-state index contributed by atoms with van der Waals surface area (Å²) in [5.41, 5.74) is 1.13. The van der Waals surface area contributed by atoms with Crippen LogP contribution in [0.3, 0.4) is 0 Å². The summed E-state index contributed by atoms with van der Waals surface area (Å²) >= 11 is 0. The van der Waals surface area contributed by atoms with E-state index in [4.69, 9.17) is 9.47 Å². The van der Waals surface area contributed by atoms with Gasteiger partial charge in [-0.15, -0.1) is 0 Å². The predicted molar refractivity (Wildman–Crippen MR) is 90.5 cm³/mol. The molecule has 21 heavy (non-hydrogen) atoms. The molecule has 0 saturated heterocycles. The molecule has 1 aromatic rings. The second-order valence-corrected chi connectivity index (χ2v) is 5.70. The van der Waals surface area contributed by atoms with Crippen LogP contribution in [0.1, 0.15) is 70.8 Å². The van der Waals surface area contributed by atoms with E-state index in [9.17, 15) is 0 Å². The van der Waals surface area contributed by atoms with Crippen LogP contribution in [0.25, 0.3) is 0 Å². The van der Waals surface area contributed by atoms with Crippen LogP contribution in [0.2, 0.25) is 0 Å². The quantitative estimate of drug-likeness (QED) is 0.446. The van der Waals surface area contributed by atoms with Crippen LogP contribution < -0.4 is 9.47 Å². The minimum absolute atomic E-state index is 0.806. The van der Waals surface area contributed by atoms with Gasteiger partial charge in [-0.25, -0.2) is 0 Å². The van der Waals surface area contributed by atoms with Gasteiger partial charge in [-0.1, -0.05) is 58.4 Å². The van der Waals surface area contributed by atoms with Gasteiger partial charge in [0.2, 0.25) is 0 Å². The summed E-state index contributed by atoms with van der Waals surface area (Å²) in [5.74, 6) is 1.94. The van der Waals surface area contributed by atoms with Gasteiger partial charge >= 0.3 is 0 Å². The Morgan fingerprint density at radius 2 is 1.19 bits per heavy atom. The summed E-state index contributed by atoms with van der Waals surface area (Å²) in [5, 5.41) is 0. The van der Waals surface area contributed by atoms with Gasteiger partial charge in [-0.3, -0.25) is 0 Å². The number of rotatable bonds is 12. The highest BCUT2D eigenvalue weighted by Gasteiger charge is 2.06. The molecule has 1 aromatic carbocycles. The molecule has 1 rings (SSSR count). The van der Waals surface area contributed by atoms with Gasteiger partial charge in [-0.2, -0.15) is 0 Å². The van der Waals surface area contributed by atoms with E-state index in [1.807, 2.05) is 18.2 Å². The van der Waals surface area contributed by atoms with Crippen molar-refractivity contribution in [2.24, 2.45) is 0 Å². The lowest BCUT2D eigenvalue weighted by atomic mass is 10.2. The second kappa shape index (κ2) is 11.5. The van der Waals surface area contributed by atoms with E-state index in [0.29, 0.717) is 0 Å². The molecule has 0 atom stereocenters. The average Bonchev–Trinajstić information content (AvgIpc) is 2.50. The molecule has 0 fully saturated rings. The van der Waals surface area contributed by atoms with Gasteiger partial charge in [0, 0.05) is 5.56 Å². The molecule has 0 spiro atoms. The van der Waals surface area contributed by atoms with E-state index in [-0.39, 0.29) is 0 Å². The van der Waals surface area contributed by atoms with Crippen molar-refractivity contribution in [1.82, 2.24) is 0 Å². The first-order valence-corrected chi connectivity index (χ1v) is 8.64. The van der Waals surface area contributed by atoms with E-state index in [0.717, 1.165) is 43.1 Å². The fraction of sp³-hybridized carbons (Fsp3) is 0.684. The molecule has 0 aliphatic carbocycles. The first kappa shape index (κ1) is 17.9. The Bertz CT molecular complexity index is 342. The molecule has 2 heteroatoms. The number of unbranched alkanes of at least 4 members (excludes halogenated alkanes) is 6. The maximum atomic E-state index is 5.89. The SMILES string of the molecule is CCCCCCOc1cccc(OCCCCCC)c1C. The fourth-order valence-corrected chi connectivity index (χ4v) is 2.33. The molecule has 0 bridgehead atoms. The monoisotopic (exact) mass is 292 g/mol. The normalized spacial score (nSPS) is 10.6. The van der Waals surface area contributed by atoms with Crippen LogP contribution in [-0.2, 0) is 0 Å². The maximum absolute atomic E-state index is 5.89. The molecule has 2 nitrogen and oxygen atoms in total. The summed E-state index contributed by atoms with van der Waals surface area (Å²) in [6, 6.07) is 6.11. The molecule has 0 radical (unpaired) electrons. The molecule has 0 aliphatic heterocycles. The Morgan fingerprint density at radius 1 is 0.714 bits per heavy atom. The molecule has 120 valence electrons. The predicted octanol–water partition coefficient (Wildman–Crippen LogP) is 5.91. The zero-order chi connectivity index (χ0) is 15.3. The largest absolute Gasteiger partial charge is 0.493 e. The van der Waals surface area contributed by atoms with Gasteiger partial charge in [0.05, 0.1) is 13.2 Å². The smallest absolute Gasteiger partial charge is 0.125 e. The standard InChI is InChI=1S/C19H32O2/c1-4-6-8-10-15-20-18-13-12-14-19(17(18)3)21-16-11-9-7-5-2/h12-14H,4-11,15-16H2,1-3H3. The zero-order valence-electron chi connectivity index (χ0n) is 14.1. The summed E-state index contributed by atoms with van der Waals surface area (Å²) in [7, 11) is 0. The summed E-state index contributed by atoms with van der Waals surface area (Å²) in [6.07, 6.45) is 9.89. The number of benzene rings is 1. The van der Waals surface area contributed by atoms with Crippen molar-refractivity contribution in [3.8, 4) is 11.5 Å². The number of ether oxygens (including phenoxy) is 2. The minimum atomic E-state index is 0.806. The molecule has 0 saturated carbocycles. The summed E-state index contributed by atoms with van der Waals surface area (Å²) in [4.78, 5) is 0. The molecule has 0 aromatic heterocycles. The van der Waals surface area contributed by atoms with Crippen LogP contribution in [-0.4, -0.2) is 13.2 Å². The molecule has 0 N–H and O–H groups in total. The van der Waals surface area contributed by atoms with Crippen LogP contribution in [0.15, 0.2) is 18.2 Å². The highest BCUT2D eigenvalue weighted by Crippen LogP contribution is 2.27. The van der Waals surface area contributed by atoms with E-state index in [1.165, 1.54) is 38.5 Å². The van der Waals surface area contributed by atoms with Crippen molar-refractivity contribution in [2.75, 3.05) is 13.2 Å². The van der Waals surface area contributed by atoms with Crippen molar-refractivity contribution in [3.63, 3.8) is 0 Å². The van der Waals surface area contributed by atoms with Crippen LogP contribution in [0.5, 0.6) is 11.5 Å².